The van der Waals surface area contributed by atoms with Gasteiger partial charge >= 0.3 is 0 Å². The second-order valence-electron chi connectivity index (χ2n) is 5.96. The van der Waals surface area contributed by atoms with Crippen molar-refractivity contribution < 1.29 is 13.2 Å². The summed E-state index contributed by atoms with van der Waals surface area (Å²) in [7, 11) is -3.11. The number of hydrogen-bond donors (Lipinski definition) is 0. The highest BCUT2D eigenvalue weighted by molar-refractivity contribution is 7.92. The van der Waals surface area contributed by atoms with Gasteiger partial charge in [-0.3, -0.25) is 0 Å². The zero-order chi connectivity index (χ0) is 15.8. The Morgan fingerprint density at radius 1 is 1.27 bits per heavy atom. The van der Waals surface area contributed by atoms with Crippen molar-refractivity contribution in [2.45, 2.75) is 30.9 Å². The van der Waals surface area contributed by atoms with Crippen LogP contribution in [-0.4, -0.2) is 35.8 Å². The van der Waals surface area contributed by atoms with Crippen LogP contribution in [0.2, 0.25) is 0 Å². The van der Waals surface area contributed by atoms with Crippen molar-refractivity contribution in [1.29, 1.82) is 0 Å². The first kappa shape index (κ1) is 15.1. The molecule has 0 radical (unpaired) electrons. The number of aromatic nitrogens is 2. The molecule has 1 saturated carbocycles. The van der Waals surface area contributed by atoms with E-state index in [-0.39, 0.29) is 6.61 Å². The molecule has 5 nitrogen and oxygen atoms in total. The van der Waals surface area contributed by atoms with Crippen molar-refractivity contribution >= 4 is 9.84 Å². The van der Waals surface area contributed by atoms with Crippen LogP contribution >= 0.6 is 0 Å². The fourth-order valence-electron chi connectivity index (χ4n) is 2.70. The van der Waals surface area contributed by atoms with Gasteiger partial charge in [0.05, 0.1) is 11.9 Å². The average molecular weight is 320 g/mol. The molecule has 0 N–H and O–H groups in total. The summed E-state index contributed by atoms with van der Waals surface area (Å²) in [5, 5.41) is 4.43. The summed E-state index contributed by atoms with van der Waals surface area (Å²) in [6, 6.07) is 9.75. The van der Waals surface area contributed by atoms with Crippen LogP contribution in [0.15, 0.2) is 36.5 Å². The molecule has 0 amide bonds. The van der Waals surface area contributed by atoms with Gasteiger partial charge in [-0.05, 0) is 31.9 Å². The second-order valence-corrected chi connectivity index (χ2v) is 8.37. The molecular formula is C16H20N2O3S. The van der Waals surface area contributed by atoms with Crippen molar-refractivity contribution in [1.82, 2.24) is 9.78 Å². The Morgan fingerprint density at radius 3 is 2.50 bits per heavy atom. The van der Waals surface area contributed by atoms with E-state index < -0.39 is 14.6 Å². The molecule has 1 aliphatic rings. The third-order valence-electron chi connectivity index (χ3n) is 4.42. The summed E-state index contributed by atoms with van der Waals surface area (Å²) in [5.41, 5.74) is 1.70. The predicted molar refractivity (Wildman–Crippen MR) is 85.2 cm³/mol. The summed E-state index contributed by atoms with van der Waals surface area (Å²) in [6.45, 7) is 2.07. The molecule has 1 aliphatic carbocycles. The van der Waals surface area contributed by atoms with E-state index in [1.165, 1.54) is 6.26 Å². The van der Waals surface area contributed by atoms with Crippen LogP contribution in [0, 0.1) is 6.92 Å². The molecule has 0 aliphatic heterocycles. The van der Waals surface area contributed by atoms with Gasteiger partial charge in [0.1, 0.15) is 17.0 Å². The average Bonchev–Trinajstić information content (AvgIpc) is 2.78. The van der Waals surface area contributed by atoms with Gasteiger partial charge in [0, 0.05) is 6.26 Å². The van der Waals surface area contributed by atoms with Crippen LogP contribution in [0.1, 0.15) is 25.0 Å². The third kappa shape index (κ3) is 2.63. The fourth-order valence-corrected chi connectivity index (χ4v) is 4.00. The van der Waals surface area contributed by atoms with Gasteiger partial charge < -0.3 is 4.74 Å². The lowest BCUT2D eigenvalue weighted by atomic mass is 9.85. The van der Waals surface area contributed by atoms with Crippen LogP contribution in [0.5, 0.6) is 5.75 Å². The van der Waals surface area contributed by atoms with Crippen LogP contribution in [-0.2, 0) is 9.84 Å². The zero-order valence-electron chi connectivity index (χ0n) is 12.8. The molecule has 2 aromatic rings. The smallest absolute Gasteiger partial charge is 0.160 e. The standard InChI is InChI=1S/C16H20N2O3S/c1-13-15(11-18(17-13)14-7-4-3-5-8-14)21-12-16(9-6-10-16)22(2,19)20/h3-5,7-8,11H,6,9-10,12H2,1-2H3. The van der Waals surface area contributed by atoms with E-state index in [0.717, 1.165) is 17.8 Å². The highest BCUT2D eigenvalue weighted by Crippen LogP contribution is 2.39. The van der Waals surface area contributed by atoms with Gasteiger partial charge in [-0.25, -0.2) is 13.1 Å². The molecule has 1 fully saturated rings. The Bertz CT molecular complexity index is 762. The Hall–Kier alpha value is -1.82. The minimum absolute atomic E-state index is 0.202. The quantitative estimate of drug-likeness (QED) is 0.849. The van der Waals surface area contributed by atoms with Gasteiger partial charge in [-0.1, -0.05) is 24.6 Å². The highest BCUT2D eigenvalue weighted by Gasteiger charge is 2.47. The summed E-state index contributed by atoms with van der Waals surface area (Å²) in [5.74, 6) is 0.638. The highest BCUT2D eigenvalue weighted by atomic mass is 32.2. The molecule has 6 heteroatoms. The lowest BCUT2D eigenvalue weighted by molar-refractivity contribution is 0.199. The van der Waals surface area contributed by atoms with Crippen molar-refractivity contribution in [3.63, 3.8) is 0 Å². The first-order valence-corrected chi connectivity index (χ1v) is 9.25. The monoisotopic (exact) mass is 320 g/mol. The molecule has 1 heterocycles. The molecule has 22 heavy (non-hydrogen) atoms. The van der Waals surface area contributed by atoms with E-state index in [4.69, 9.17) is 4.74 Å². The number of rotatable bonds is 5. The molecular weight excluding hydrogens is 300 g/mol. The number of ether oxygens (including phenoxy) is 1. The van der Waals surface area contributed by atoms with E-state index in [2.05, 4.69) is 5.10 Å². The Labute approximate surface area is 130 Å². The summed E-state index contributed by atoms with van der Waals surface area (Å²) in [4.78, 5) is 0. The lowest BCUT2D eigenvalue weighted by Crippen LogP contribution is -2.49. The van der Waals surface area contributed by atoms with Crippen molar-refractivity contribution in [3.05, 3.63) is 42.2 Å². The maximum Gasteiger partial charge on any atom is 0.160 e. The first-order valence-electron chi connectivity index (χ1n) is 7.35. The predicted octanol–water partition coefficient (Wildman–Crippen LogP) is 2.53. The normalized spacial score (nSPS) is 17.0. The third-order valence-corrected chi connectivity index (χ3v) is 6.52. The maximum absolute atomic E-state index is 12.0. The summed E-state index contributed by atoms with van der Waals surface area (Å²) in [6.07, 6.45) is 5.41. The van der Waals surface area contributed by atoms with Gasteiger partial charge in [-0.2, -0.15) is 5.10 Å². The summed E-state index contributed by atoms with van der Waals surface area (Å²) >= 11 is 0. The number of sulfone groups is 1. The SMILES string of the molecule is Cc1nn(-c2ccccc2)cc1OCC1(S(C)(=O)=O)CCC1. The van der Waals surface area contributed by atoms with Crippen molar-refractivity contribution in [2.24, 2.45) is 0 Å². The maximum atomic E-state index is 12.0. The minimum atomic E-state index is -3.11. The number of benzene rings is 1. The Morgan fingerprint density at radius 2 is 1.95 bits per heavy atom. The molecule has 0 unspecified atom stereocenters. The molecule has 0 bridgehead atoms. The van der Waals surface area contributed by atoms with Gasteiger partial charge in [0.25, 0.3) is 0 Å². The molecule has 0 spiro atoms. The molecule has 1 aromatic heterocycles. The van der Waals surface area contributed by atoms with E-state index >= 15 is 0 Å². The number of nitrogens with zero attached hydrogens (tertiary/aromatic N) is 2. The Balaban J connectivity index is 1.78. The minimum Gasteiger partial charge on any atom is -0.488 e. The van der Waals surface area contributed by atoms with Crippen LogP contribution < -0.4 is 4.74 Å². The molecule has 1 aromatic carbocycles. The van der Waals surface area contributed by atoms with Gasteiger partial charge in [-0.15, -0.1) is 0 Å². The van der Waals surface area contributed by atoms with Gasteiger partial charge in [0.15, 0.2) is 15.6 Å². The molecule has 0 saturated heterocycles. The fraction of sp³-hybridized carbons (Fsp3) is 0.438. The van der Waals surface area contributed by atoms with E-state index in [9.17, 15) is 8.42 Å². The van der Waals surface area contributed by atoms with Crippen molar-refractivity contribution in [2.75, 3.05) is 12.9 Å². The van der Waals surface area contributed by atoms with Crippen molar-refractivity contribution in [3.8, 4) is 11.4 Å². The number of aryl methyl sites for hydroxylation is 1. The largest absolute Gasteiger partial charge is 0.488 e. The second kappa shape index (κ2) is 5.43. The van der Waals surface area contributed by atoms with E-state index in [1.54, 1.807) is 10.9 Å². The zero-order valence-corrected chi connectivity index (χ0v) is 13.6. The number of para-hydroxylation sites is 1. The van der Waals surface area contributed by atoms with Crippen LogP contribution in [0.3, 0.4) is 0 Å². The van der Waals surface area contributed by atoms with E-state index in [0.29, 0.717) is 18.6 Å². The molecule has 118 valence electrons. The summed E-state index contributed by atoms with van der Waals surface area (Å²) < 4.78 is 30.8. The first-order chi connectivity index (χ1) is 10.4. The molecule has 3 rings (SSSR count). The number of hydrogen-bond acceptors (Lipinski definition) is 4. The van der Waals surface area contributed by atoms with Crippen LogP contribution in [0.25, 0.3) is 5.69 Å². The lowest BCUT2D eigenvalue weighted by Gasteiger charge is -2.39. The van der Waals surface area contributed by atoms with Crippen LogP contribution in [0.4, 0.5) is 0 Å². The van der Waals surface area contributed by atoms with Gasteiger partial charge in [0.2, 0.25) is 0 Å². The topological polar surface area (TPSA) is 61.2 Å². The Kier molecular flexibility index (Phi) is 3.72. The van der Waals surface area contributed by atoms with E-state index in [1.807, 2.05) is 37.3 Å². The molecule has 0 atom stereocenters.